The van der Waals surface area contributed by atoms with Crippen LogP contribution in [0.4, 0.5) is 52.7 Å². The van der Waals surface area contributed by atoms with Gasteiger partial charge < -0.3 is 33.5 Å². The Morgan fingerprint density at radius 1 is 0.354 bits per heavy atom. The Bertz CT molecular complexity index is 1380. The number of ether oxygens (including phenoxy) is 6. The van der Waals surface area contributed by atoms with Gasteiger partial charge in [-0.15, -0.1) is 0 Å². The third kappa shape index (κ3) is 7.56. The number of benzene rings is 3. The number of hydrogen-bond donors (Lipinski definition) is 1. The molecule has 0 amide bonds. The van der Waals surface area contributed by atoms with Gasteiger partial charge in [0.25, 0.3) is 0 Å². The second-order valence-corrected chi connectivity index (χ2v) is 9.65. The molecule has 0 heterocycles. The molecule has 0 aliphatic carbocycles. The Hall–Kier alpha value is -3.46. The van der Waals surface area contributed by atoms with Crippen molar-refractivity contribution in [3.63, 3.8) is 0 Å². The third-order valence-electron chi connectivity index (χ3n) is 6.70. The highest BCUT2D eigenvalue weighted by molar-refractivity contribution is 5.31. The van der Waals surface area contributed by atoms with Crippen LogP contribution < -0.4 is 0 Å². The molecule has 0 atom stereocenters. The molecular weight excluding hydrogens is 688 g/mol. The number of methoxy groups -OCH3 is 3. The van der Waals surface area contributed by atoms with Gasteiger partial charge in [-0.2, -0.15) is 0 Å². The minimum absolute atomic E-state index is 0.944. The van der Waals surface area contributed by atoms with Gasteiger partial charge in [-0.1, -0.05) is 0 Å². The zero-order chi connectivity index (χ0) is 36.1. The number of aliphatic hydroxyl groups excluding tert-OH is 1. The SMILES string of the molecule is COCc1c(F)c(F)c(COC(CO)(OCc2c(F)c(F)c(COC)c(F)c2F)OCc2c(F)c(F)c(COC)c(F)c2F)c(F)c1F. The average Bonchev–Trinajstić information content (AvgIpc) is 3.07. The van der Waals surface area contributed by atoms with Gasteiger partial charge >= 0.3 is 5.97 Å². The Balaban J connectivity index is 2.09. The lowest BCUT2D eigenvalue weighted by atomic mass is 10.1. The van der Waals surface area contributed by atoms with E-state index in [1.807, 2.05) is 0 Å². The van der Waals surface area contributed by atoms with Crippen LogP contribution in [0.15, 0.2) is 0 Å². The molecule has 19 heteroatoms. The van der Waals surface area contributed by atoms with Crippen molar-refractivity contribution in [2.24, 2.45) is 0 Å². The first kappa shape index (κ1) is 39.0. The van der Waals surface area contributed by atoms with Crippen LogP contribution in [-0.2, 0) is 68.1 Å². The van der Waals surface area contributed by atoms with E-state index in [-0.39, 0.29) is 0 Å². The van der Waals surface area contributed by atoms with Crippen LogP contribution in [0, 0.1) is 69.8 Å². The molecule has 3 aromatic carbocycles. The van der Waals surface area contributed by atoms with E-state index in [1.54, 1.807) is 0 Å². The van der Waals surface area contributed by atoms with Crippen LogP contribution in [0.5, 0.6) is 0 Å². The maximum atomic E-state index is 14.8. The van der Waals surface area contributed by atoms with Crippen molar-refractivity contribution in [3.8, 4) is 0 Å². The summed E-state index contributed by atoms with van der Waals surface area (Å²) >= 11 is 0. The molecule has 266 valence electrons. The van der Waals surface area contributed by atoms with Crippen molar-refractivity contribution in [1.82, 2.24) is 0 Å². The predicted octanol–water partition coefficient (Wildman–Crippen LogP) is 6.39. The first-order chi connectivity index (χ1) is 22.6. The van der Waals surface area contributed by atoms with Crippen molar-refractivity contribution in [2.45, 2.75) is 45.6 Å². The number of rotatable bonds is 16. The molecule has 48 heavy (non-hydrogen) atoms. The van der Waals surface area contributed by atoms with E-state index in [0.717, 1.165) is 21.3 Å². The van der Waals surface area contributed by atoms with Crippen molar-refractivity contribution in [2.75, 3.05) is 27.9 Å². The summed E-state index contributed by atoms with van der Waals surface area (Å²) in [5.74, 6) is -27.8. The first-order valence-corrected chi connectivity index (χ1v) is 13.1. The van der Waals surface area contributed by atoms with Crippen LogP contribution in [0.3, 0.4) is 0 Å². The fourth-order valence-electron chi connectivity index (χ4n) is 4.17. The highest BCUT2D eigenvalue weighted by Gasteiger charge is 2.38. The van der Waals surface area contributed by atoms with Gasteiger partial charge in [0.2, 0.25) is 0 Å². The molecule has 0 radical (unpaired) electrons. The van der Waals surface area contributed by atoms with Gasteiger partial charge in [0, 0.05) is 21.3 Å². The largest absolute Gasteiger partial charge is 0.388 e. The van der Waals surface area contributed by atoms with Crippen molar-refractivity contribution < 1.29 is 86.2 Å². The molecule has 7 nitrogen and oxygen atoms in total. The van der Waals surface area contributed by atoms with Gasteiger partial charge in [0.15, 0.2) is 69.8 Å². The van der Waals surface area contributed by atoms with E-state index in [4.69, 9.17) is 14.2 Å². The second kappa shape index (κ2) is 16.3. The van der Waals surface area contributed by atoms with E-state index in [1.165, 1.54) is 0 Å². The van der Waals surface area contributed by atoms with Gasteiger partial charge in [-0.05, 0) is 0 Å². The molecule has 1 N–H and O–H groups in total. The molecule has 0 aliphatic heterocycles. The molecule has 0 spiro atoms. The fourth-order valence-corrected chi connectivity index (χ4v) is 4.17. The summed E-state index contributed by atoms with van der Waals surface area (Å²) in [7, 11) is 2.83. The maximum Gasteiger partial charge on any atom is 0.308 e. The molecule has 0 saturated carbocycles. The third-order valence-corrected chi connectivity index (χ3v) is 6.70. The second-order valence-electron chi connectivity index (χ2n) is 9.65. The highest BCUT2D eigenvalue weighted by Crippen LogP contribution is 2.32. The van der Waals surface area contributed by atoms with Crippen molar-refractivity contribution in [3.05, 3.63) is 103 Å². The molecule has 0 bridgehead atoms. The van der Waals surface area contributed by atoms with Gasteiger partial charge in [-0.3, -0.25) is 0 Å². The molecule has 0 unspecified atom stereocenters. The predicted molar refractivity (Wildman–Crippen MR) is 135 cm³/mol. The molecule has 3 aromatic rings. The molecular formula is C29H24F12O7. The lowest BCUT2D eigenvalue weighted by Crippen LogP contribution is -2.43. The fraction of sp³-hybridized carbons (Fsp3) is 0.379. The van der Waals surface area contributed by atoms with Crippen molar-refractivity contribution >= 4 is 0 Å². The Kier molecular flexibility index (Phi) is 13.2. The van der Waals surface area contributed by atoms with Crippen LogP contribution in [0.2, 0.25) is 0 Å². The molecule has 0 aliphatic rings. The van der Waals surface area contributed by atoms with Crippen LogP contribution in [0.25, 0.3) is 0 Å². The molecule has 0 aromatic heterocycles. The lowest BCUT2D eigenvalue weighted by Gasteiger charge is -2.32. The maximum absolute atomic E-state index is 14.8. The molecule has 0 saturated heterocycles. The number of hydrogen-bond acceptors (Lipinski definition) is 7. The summed E-state index contributed by atoms with van der Waals surface area (Å²) in [6.45, 7) is -9.70. The van der Waals surface area contributed by atoms with Crippen LogP contribution in [0.1, 0.15) is 33.4 Å². The quantitative estimate of drug-likeness (QED) is 0.105. The summed E-state index contributed by atoms with van der Waals surface area (Å²) in [5, 5.41) is 10.1. The van der Waals surface area contributed by atoms with Crippen LogP contribution >= 0.6 is 0 Å². The Labute approximate surface area is 263 Å². The lowest BCUT2D eigenvalue weighted by molar-refractivity contribution is -0.405. The zero-order valence-corrected chi connectivity index (χ0v) is 24.9. The standard InChI is InChI=1S/C29H24F12O7/c1-43-4-11-17(30)23(36)14(24(37)18(11)31)7-46-29(10-42,47-8-15-25(38)19(32)12(5-44-2)20(33)26(15)39)48-9-16-27(40)21(34)13(6-45-3)22(35)28(16)41/h42H,4-10H2,1-3H3. The molecule has 0 fully saturated rings. The van der Waals surface area contributed by atoms with E-state index < -0.39 is 155 Å². The van der Waals surface area contributed by atoms with Gasteiger partial charge in [0.1, 0.15) is 6.61 Å². The smallest absolute Gasteiger partial charge is 0.308 e. The van der Waals surface area contributed by atoms with Gasteiger partial charge in [0.05, 0.1) is 73.0 Å². The summed E-state index contributed by atoms with van der Waals surface area (Å²) in [6, 6.07) is 0. The normalized spacial score (nSPS) is 12.0. The Morgan fingerprint density at radius 3 is 0.667 bits per heavy atom. The van der Waals surface area contributed by atoms with E-state index in [2.05, 4.69) is 14.2 Å². The first-order valence-electron chi connectivity index (χ1n) is 13.1. The number of halogens is 12. The topological polar surface area (TPSA) is 75.6 Å². The minimum Gasteiger partial charge on any atom is -0.388 e. The van der Waals surface area contributed by atoms with E-state index in [0.29, 0.717) is 0 Å². The zero-order valence-electron chi connectivity index (χ0n) is 24.9. The van der Waals surface area contributed by atoms with Crippen LogP contribution in [-0.4, -0.2) is 39.0 Å². The monoisotopic (exact) mass is 712 g/mol. The highest BCUT2D eigenvalue weighted by atomic mass is 19.2. The molecule has 3 rings (SSSR count). The summed E-state index contributed by atoms with van der Waals surface area (Å²) in [6.07, 6.45) is 0. The average molecular weight is 712 g/mol. The van der Waals surface area contributed by atoms with Gasteiger partial charge in [-0.25, -0.2) is 52.7 Å². The summed E-state index contributed by atoms with van der Waals surface area (Å²) in [4.78, 5) is 0. The van der Waals surface area contributed by atoms with E-state index >= 15 is 0 Å². The van der Waals surface area contributed by atoms with Crippen molar-refractivity contribution in [1.29, 1.82) is 0 Å². The minimum atomic E-state index is -3.45. The number of aliphatic hydroxyl groups is 1. The summed E-state index contributed by atoms with van der Waals surface area (Å²) < 4.78 is 204. The summed E-state index contributed by atoms with van der Waals surface area (Å²) in [5.41, 5.74) is -8.28. The Morgan fingerprint density at radius 2 is 0.521 bits per heavy atom. The van der Waals surface area contributed by atoms with E-state index in [9.17, 15) is 57.8 Å².